The Labute approximate surface area is 145 Å². The van der Waals surface area contributed by atoms with Gasteiger partial charge in [-0.1, -0.05) is 31.2 Å². The Balaban J connectivity index is 0.000000505. The topological polar surface area (TPSA) is 75.4 Å². The molecule has 3 N–H and O–H groups in total. The summed E-state index contributed by atoms with van der Waals surface area (Å²) in [5, 5.41) is 2.89. The fourth-order valence-electron chi connectivity index (χ4n) is 2.61. The monoisotopic (exact) mass is 333 g/mol. The van der Waals surface area contributed by atoms with Crippen LogP contribution in [0, 0.1) is 5.92 Å². The van der Waals surface area contributed by atoms with E-state index < -0.39 is 0 Å². The number of hydrogen-bond donors (Lipinski definition) is 2. The zero-order valence-electron chi connectivity index (χ0n) is 15.0. The zero-order chi connectivity index (χ0) is 17.8. The van der Waals surface area contributed by atoms with Gasteiger partial charge in [0, 0.05) is 32.1 Å². The van der Waals surface area contributed by atoms with Crippen molar-refractivity contribution in [2.24, 2.45) is 11.7 Å². The minimum Gasteiger partial charge on any atom is -0.342 e. The minimum atomic E-state index is 0.146. The lowest BCUT2D eigenvalue weighted by atomic mass is 9.98. The molecule has 0 spiro atoms. The number of hydrogen-bond acceptors (Lipinski definition) is 4. The molecule has 0 aliphatic carbocycles. The fraction of sp³-hybridized carbons (Fsp3) is 0.579. The average molecular weight is 333 g/mol. The van der Waals surface area contributed by atoms with Gasteiger partial charge in [0.1, 0.15) is 6.29 Å². The van der Waals surface area contributed by atoms with Crippen LogP contribution in [0.2, 0.25) is 0 Å². The van der Waals surface area contributed by atoms with Crippen LogP contribution < -0.4 is 11.1 Å². The molecule has 24 heavy (non-hydrogen) atoms. The van der Waals surface area contributed by atoms with Crippen LogP contribution in [-0.4, -0.2) is 50.3 Å². The first kappa shape index (κ1) is 20.3. The van der Waals surface area contributed by atoms with Gasteiger partial charge in [-0.3, -0.25) is 4.79 Å². The number of benzene rings is 1. The van der Waals surface area contributed by atoms with Gasteiger partial charge in [0.15, 0.2) is 0 Å². The minimum absolute atomic E-state index is 0.146. The van der Waals surface area contributed by atoms with Gasteiger partial charge in [0.25, 0.3) is 0 Å². The largest absolute Gasteiger partial charge is 0.342 e. The van der Waals surface area contributed by atoms with Crippen LogP contribution in [0.1, 0.15) is 30.9 Å². The molecule has 1 amide bonds. The molecule has 1 aromatic carbocycles. The lowest BCUT2D eigenvalue weighted by molar-refractivity contribution is -0.132. The number of carbonyl (C=O) groups is 2. The number of nitrogens with one attached hydrogen (secondary N) is 1. The summed E-state index contributed by atoms with van der Waals surface area (Å²) in [6, 6.07) is 8.24. The van der Waals surface area contributed by atoms with Crippen LogP contribution in [0.5, 0.6) is 0 Å². The molecule has 0 bridgehead atoms. The van der Waals surface area contributed by atoms with Crippen LogP contribution in [0.4, 0.5) is 0 Å². The highest BCUT2D eigenvalue weighted by atomic mass is 16.2. The smallest absolute Gasteiger partial charge is 0.226 e. The van der Waals surface area contributed by atoms with Crippen LogP contribution >= 0.6 is 0 Å². The molecular weight excluding hydrogens is 302 g/mol. The van der Waals surface area contributed by atoms with Crippen LogP contribution in [0.25, 0.3) is 0 Å². The average Bonchev–Trinajstić information content (AvgIpc) is 2.63. The van der Waals surface area contributed by atoms with E-state index in [1.165, 1.54) is 5.56 Å². The summed E-state index contributed by atoms with van der Waals surface area (Å²) >= 11 is 0. The molecule has 1 heterocycles. The number of amides is 1. The van der Waals surface area contributed by atoms with Crippen molar-refractivity contribution in [1.29, 1.82) is 0 Å². The van der Waals surface area contributed by atoms with Gasteiger partial charge in [-0.2, -0.15) is 0 Å². The van der Waals surface area contributed by atoms with Gasteiger partial charge in [-0.25, -0.2) is 0 Å². The lowest BCUT2D eigenvalue weighted by Crippen LogP contribution is -2.39. The number of carbonyl (C=O) groups excluding carboxylic acids is 2. The number of likely N-dealkylation sites (tertiary alicyclic amines) is 1. The maximum atomic E-state index is 12.2. The van der Waals surface area contributed by atoms with Crippen molar-refractivity contribution in [2.75, 3.05) is 33.2 Å². The van der Waals surface area contributed by atoms with Gasteiger partial charge >= 0.3 is 0 Å². The van der Waals surface area contributed by atoms with Crippen molar-refractivity contribution in [2.45, 2.75) is 32.6 Å². The van der Waals surface area contributed by atoms with E-state index in [9.17, 15) is 9.59 Å². The number of nitrogens with zero attached hydrogens (tertiary/aromatic N) is 1. The normalized spacial score (nSPS) is 14.7. The van der Waals surface area contributed by atoms with Crippen molar-refractivity contribution >= 4 is 12.2 Å². The zero-order valence-corrected chi connectivity index (χ0v) is 15.0. The number of likely N-dealkylation sites (N-methyl/N-ethyl adjacent to an activating group) is 1. The third kappa shape index (κ3) is 7.23. The number of piperidine rings is 1. The molecule has 1 aliphatic rings. The number of aldehydes is 1. The van der Waals surface area contributed by atoms with E-state index in [0.29, 0.717) is 6.42 Å². The Hall–Kier alpha value is -1.72. The molecule has 0 atom stereocenters. The van der Waals surface area contributed by atoms with Gasteiger partial charge < -0.3 is 20.7 Å². The van der Waals surface area contributed by atoms with E-state index in [4.69, 9.17) is 5.73 Å². The van der Waals surface area contributed by atoms with E-state index in [1.807, 2.05) is 24.1 Å². The predicted octanol–water partition coefficient (Wildman–Crippen LogP) is 1.39. The van der Waals surface area contributed by atoms with E-state index >= 15 is 0 Å². The highest BCUT2D eigenvalue weighted by Crippen LogP contribution is 2.16. The van der Waals surface area contributed by atoms with Gasteiger partial charge in [0.05, 0.1) is 6.42 Å². The van der Waals surface area contributed by atoms with E-state index in [-0.39, 0.29) is 11.8 Å². The van der Waals surface area contributed by atoms with Crippen LogP contribution in [0.15, 0.2) is 24.3 Å². The van der Waals surface area contributed by atoms with Crippen molar-refractivity contribution < 1.29 is 9.59 Å². The summed E-state index contributed by atoms with van der Waals surface area (Å²) in [5.41, 5.74) is 7.44. The molecule has 5 nitrogen and oxygen atoms in total. The Bertz CT molecular complexity index is 478. The molecule has 2 rings (SSSR count). The van der Waals surface area contributed by atoms with Crippen molar-refractivity contribution in [3.63, 3.8) is 0 Å². The molecule has 0 unspecified atom stereocenters. The molecule has 134 valence electrons. The molecule has 5 heteroatoms. The lowest BCUT2D eigenvalue weighted by Gasteiger charge is -2.29. The fourth-order valence-corrected chi connectivity index (χ4v) is 2.61. The van der Waals surface area contributed by atoms with Crippen molar-refractivity contribution in [3.8, 4) is 0 Å². The van der Waals surface area contributed by atoms with Gasteiger partial charge in [0.2, 0.25) is 5.91 Å². The van der Waals surface area contributed by atoms with Crippen LogP contribution in [0.3, 0.4) is 0 Å². The summed E-state index contributed by atoms with van der Waals surface area (Å²) < 4.78 is 0. The molecule has 1 aromatic rings. The highest BCUT2D eigenvalue weighted by molar-refractivity contribution is 5.79. The molecule has 1 fully saturated rings. The molecule has 0 aromatic heterocycles. The second kappa shape index (κ2) is 11.8. The molecular formula is C19H31N3O2. The van der Waals surface area contributed by atoms with Crippen molar-refractivity contribution in [1.82, 2.24) is 10.2 Å². The number of nitrogens with two attached hydrogens (primary N) is 1. The predicted molar refractivity (Wildman–Crippen MR) is 97.9 cm³/mol. The molecule has 0 radical (unpaired) electrons. The maximum absolute atomic E-state index is 12.2. The SMILES string of the molecule is CCc1ccc(CC(=O)N2CCC(C=O)CC2)cc1.CNCCN. The number of rotatable bonds is 6. The second-order valence-electron chi connectivity index (χ2n) is 6.09. The van der Waals surface area contributed by atoms with E-state index in [2.05, 4.69) is 24.4 Å². The standard InChI is InChI=1S/C16H21NO2.C3H10N2/c1-2-13-3-5-14(6-4-13)11-16(19)17-9-7-15(12-18)8-10-17;1-5-3-2-4/h3-6,12,15H,2,7-11H2,1H3;5H,2-4H2,1H3. The van der Waals surface area contributed by atoms with Crippen LogP contribution in [-0.2, 0) is 22.4 Å². The summed E-state index contributed by atoms with van der Waals surface area (Å²) in [6.45, 7) is 5.21. The first-order chi connectivity index (χ1) is 11.6. The third-order valence-electron chi connectivity index (χ3n) is 4.27. The molecule has 1 aliphatic heterocycles. The highest BCUT2D eigenvalue weighted by Gasteiger charge is 2.22. The quantitative estimate of drug-likeness (QED) is 0.772. The van der Waals surface area contributed by atoms with Gasteiger partial charge in [-0.05, 0) is 37.4 Å². The van der Waals surface area contributed by atoms with Crippen molar-refractivity contribution in [3.05, 3.63) is 35.4 Å². The molecule has 1 saturated heterocycles. The Morgan fingerprint density at radius 1 is 1.25 bits per heavy atom. The number of aryl methyl sites for hydroxylation is 1. The van der Waals surface area contributed by atoms with E-state index in [1.54, 1.807) is 0 Å². The Morgan fingerprint density at radius 3 is 2.25 bits per heavy atom. The maximum Gasteiger partial charge on any atom is 0.226 e. The summed E-state index contributed by atoms with van der Waals surface area (Å²) in [7, 11) is 1.88. The van der Waals surface area contributed by atoms with E-state index in [0.717, 1.165) is 57.3 Å². The summed E-state index contributed by atoms with van der Waals surface area (Å²) in [5.74, 6) is 0.321. The first-order valence-corrected chi connectivity index (χ1v) is 8.80. The summed E-state index contributed by atoms with van der Waals surface area (Å²) in [4.78, 5) is 24.7. The molecule has 0 saturated carbocycles. The Kier molecular flexibility index (Phi) is 9.96. The Morgan fingerprint density at radius 2 is 1.83 bits per heavy atom. The third-order valence-corrected chi connectivity index (χ3v) is 4.27. The first-order valence-electron chi connectivity index (χ1n) is 8.80. The second-order valence-corrected chi connectivity index (χ2v) is 6.09. The summed E-state index contributed by atoms with van der Waals surface area (Å²) in [6.07, 6.45) is 4.13. The van der Waals surface area contributed by atoms with Gasteiger partial charge in [-0.15, -0.1) is 0 Å².